The summed E-state index contributed by atoms with van der Waals surface area (Å²) in [5, 5.41) is 17.3. The molecule has 1 aromatic rings. The minimum Gasteiger partial charge on any atom is -0.390 e. The van der Waals surface area contributed by atoms with Crippen molar-refractivity contribution < 1.29 is 18.3 Å². The van der Waals surface area contributed by atoms with Crippen LogP contribution in [0.2, 0.25) is 0 Å². The Morgan fingerprint density at radius 1 is 1.33 bits per heavy atom. The molecule has 0 atom stereocenters. The van der Waals surface area contributed by atoms with Gasteiger partial charge in [-0.1, -0.05) is 0 Å². The third kappa shape index (κ3) is 3.47. The molecule has 0 aromatic heterocycles. The van der Waals surface area contributed by atoms with Crippen molar-refractivity contribution in [3.63, 3.8) is 0 Å². The number of hydrogen-bond donors (Lipinski definition) is 3. The van der Waals surface area contributed by atoms with Gasteiger partial charge in [0, 0.05) is 24.3 Å². The molecule has 2 rings (SSSR count). The molecule has 0 bridgehead atoms. The van der Waals surface area contributed by atoms with Crippen LogP contribution in [0.5, 0.6) is 0 Å². The fourth-order valence-corrected chi connectivity index (χ4v) is 2.45. The van der Waals surface area contributed by atoms with E-state index in [4.69, 9.17) is 11.1 Å². The van der Waals surface area contributed by atoms with Gasteiger partial charge in [-0.25, -0.2) is 0 Å². The maximum absolute atomic E-state index is 12.9. The van der Waals surface area contributed by atoms with Crippen LogP contribution >= 0.6 is 0 Å². The lowest BCUT2D eigenvalue weighted by molar-refractivity contribution is -0.137. The Balaban J connectivity index is 2.31. The number of alkyl halides is 3. The highest BCUT2D eigenvalue weighted by molar-refractivity contribution is 5.97. The molecule has 1 fully saturated rings. The summed E-state index contributed by atoms with van der Waals surface area (Å²) in [5.74, 6) is -0.604. The topological polar surface area (TPSA) is 73.3 Å². The Morgan fingerprint density at radius 2 is 1.90 bits per heavy atom. The van der Waals surface area contributed by atoms with Gasteiger partial charge in [-0.15, -0.1) is 0 Å². The van der Waals surface area contributed by atoms with E-state index >= 15 is 0 Å². The first-order chi connectivity index (χ1) is 9.60. The van der Waals surface area contributed by atoms with Crippen molar-refractivity contribution in [2.45, 2.75) is 31.5 Å². The Morgan fingerprint density at radius 3 is 2.38 bits per heavy atom. The lowest BCUT2D eigenvalue weighted by Gasteiger charge is -2.37. The van der Waals surface area contributed by atoms with E-state index in [1.54, 1.807) is 6.92 Å². The normalized spacial score (nSPS) is 18.6. The van der Waals surface area contributed by atoms with Crippen molar-refractivity contribution in [3.8, 4) is 0 Å². The number of hydrogen-bond acceptors (Lipinski definition) is 3. The van der Waals surface area contributed by atoms with Crippen LogP contribution in [0, 0.1) is 5.41 Å². The summed E-state index contributed by atoms with van der Waals surface area (Å²) < 4.78 is 38.7. The predicted octanol–water partition coefficient (Wildman–Crippen LogP) is 2.34. The molecule has 1 aromatic carbocycles. The molecule has 4 nitrogen and oxygen atoms in total. The molecule has 0 saturated carbocycles. The molecule has 1 aliphatic rings. The second kappa shape index (κ2) is 5.22. The van der Waals surface area contributed by atoms with E-state index in [-0.39, 0.29) is 5.56 Å². The second-order valence-corrected chi connectivity index (χ2v) is 5.63. The minimum absolute atomic E-state index is 0.308. The second-order valence-electron chi connectivity index (χ2n) is 5.63. The molecule has 1 aliphatic heterocycles. The molecule has 0 radical (unpaired) electrons. The number of nitrogens with two attached hydrogens (primary N) is 1. The zero-order valence-corrected chi connectivity index (χ0v) is 11.7. The summed E-state index contributed by atoms with van der Waals surface area (Å²) in [5.41, 5.74) is 3.93. The van der Waals surface area contributed by atoms with Gasteiger partial charge in [0.2, 0.25) is 0 Å². The highest BCUT2D eigenvalue weighted by Gasteiger charge is 2.35. The first-order valence-electron chi connectivity index (χ1n) is 6.63. The number of benzene rings is 1. The van der Waals surface area contributed by atoms with E-state index in [9.17, 15) is 18.3 Å². The molecule has 0 amide bonds. The van der Waals surface area contributed by atoms with Gasteiger partial charge in [-0.2, -0.15) is 13.2 Å². The first-order valence-corrected chi connectivity index (χ1v) is 6.63. The van der Waals surface area contributed by atoms with E-state index in [2.05, 4.69) is 0 Å². The summed E-state index contributed by atoms with van der Waals surface area (Å²) in [7, 11) is 0. The SMILES string of the molecule is CC1(O)CCN(c2ccc(C(F)(F)F)c(C(=N)N)c2)CC1. The quantitative estimate of drug-likeness (QED) is 0.580. The smallest absolute Gasteiger partial charge is 0.390 e. The molecule has 21 heavy (non-hydrogen) atoms. The number of piperidine rings is 1. The number of aliphatic hydroxyl groups is 1. The molecule has 0 unspecified atom stereocenters. The van der Waals surface area contributed by atoms with Gasteiger partial charge in [-0.3, -0.25) is 5.41 Å². The molecule has 7 heteroatoms. The van der Waals surface area contributed by atoms with Crippen LogP contribution in [0.25, 0.3) is 0 Å². The molecule has 116 valence electrons. The zero-order chi connectivity index (χ0) is 15.8. The summed E-state index contributed by atoms with van der Waals surface area (Å²) >= 11 is 0. The predicted molar refractivity (Wildman–Crippen MR) is 74.5 cm³/mol. The van der Waals surface area contributed by atoms with Crippen LogP contribution < -0.4 is 10.6 Å². The van der Waals surface area contributed by atoms with Crippen molar-refractivity contribution in [3.05, 3.63) is 29.3 Å². The molecular weight excluding hydrogens is 283 g/mol. The van der Waals surface area contributed by atoms with Crippen molar-refractivity contribution in [1.82, 2.24) is 0 Å². The molecule has 1 heterocycles. The fourth-order valence-electron chi connectivity index (χ4n) is 2.45. The Labute approximate surface area is 120 Å². The third-order valence-corrected chi connectivity index (χ3v) is 3.80. The highest BCUT2D eigenvalue weighted by atomic mass is 19.4. The molecular formula is C14H18F3N3O. The average molecular weight is 301 g/mol. The summed E-state index contributed by atoms with van der Waals surface area (Å²) in [6, 6.07) is 3.64. The van der Waals surface area contributed by atoms with Crippen molar-refractivity contribution in [1.29, 1.82) is 5.41 Å². The van der Waals surface area contributed by atoms with E-state index in [0.717, 1.165) is 6.07 Å². The first kappa shape index (κ1) is 15.6. The number of anilines is 1. The van der Waals surface area contributed by atoms with Gasteiger partial charge in [0.1, 0.15) is 5.84 Å². The summed E-state index contributed by atoms with van der Waals surface area (Å²) in [6.07, 6.45) is -3.45. The largest absolute Gasteiger partial charge is 0.417 e. The Kier molecular flexibility index (Phi) is 3.88. The monoisotopic (exact) mass is 301 g/mol. The molecule has 0 spiro atoms. The van der Waals surface area contributed by atoms with Crippen molar-refractivity contribution in [2.75, 3.05) is 18.0 Å². The minimum atomic E-state index is -4.54. The Bertz CT molecular complexity index is 545. The maximum Gasteiger partial charge on any atom is 0.417 e. The van der Waals surface area contributed by atoms with Crippen LogP contribution in [0.15, 0.2) is 18.2 Å². The third-order valence-electron chi connectivity index (χ3n) is 3.80. The number of halogens is 3. The highest BCUT2D eigenvalue weighted by Crippen LogP contribution is 2.35. The Hall–Kier alpha value is -1.76. The zero-order valence-electron chi connectivity index (χ0n) is 11.7. The van der Waals surface area contributed by atoms with Gasteiger partial charge in [0.25, 0.3) is 0 Å². The van der Waals surface area contributed by atoms with Crippen LogP contribution in [-0.4, -0.2) is 29.6 Å². The average Bonchev–Trinajstić information content (AvgIpc) is 2.37. The van der Waals surface area contributed by atoms with Crippen LogP contribution in [-0.2, 0) is 6.18 Å². The van der Waals surface area contributed by atoms with E-state index in [1.165, 1.54) is 12.1 Å². The standard InChI is InChI=1S/C14H18F3N3O/c1-13(21)4-6-20(7-5-13)9-2-3-11(14(15,16)17)10(8-9)12(18)19/h2-3,8,21H,4-7H2,1H3,(H3,18,19). The molecule has 1 saturated heterocycles. The number of rotatable bonds is 2. The van der Waals surface area contributed by atoms with E-state index in [0.29, 0.717) is 31.6 Å². The fraction of sp³-hybridized carbons (Fsp3) is 0.500. The lowest BCUT2D eigenvalue weighted by Crippen LogP contribution is -2.42. The van der Waals surface area contributed by atoms with Crippen LogP contribution in [0.4, 0.5) is 18.9 Å². The summed E-state index contributed by atoms with van der Waals surface area (Å²) in [6.45, 7) is 2.85. The van der Waals surface area contributed by atoms with Crippen molar-refractivity contribution in [2.24, 2.45) is 5.73 Å². The molecule has 4 N–H and O–H groups in total. The van der Waals surface area contributed by atoms with Gasteiger partial charge in [-0.05, 0) is 38.0 Å². The van der Waals surface area contributed by atoms with Crippen LogP contribution in [0.3, 0.4) is 0 Å². The number of nitrogen functional groups attached to an aromatic ring is 1. The lowest BCUT2D eigenvalue weighted by atomic mass is 9.93. The number of amidine groups is 1. The van der Waals surface area contributed by atoms with Gasteiger partial charge < -0.3 is 15.7 Å². The number of nitrogens with one attached hydrogen (secondary N) is 1. The van der Waals surface area contributed by atoms with E-state index in [1.807, 2.05) is 4.90 Å². The van der Waals surface area contributed by atoms with Crippen molar-refractivity contribution >= 4 is 11.5 Å². The van der Waals surface area contributed by atoms with Gasteiger partial charge >= 0.3 is 6.18 Å². The maximum atomic E-state index is 12.9. The summed E-state index contributed by atoms with van der Waals surface area (Å²) in [4.78, 5) is 1.89. The number of nitrogens with zero attached hydrogens (tertiary/aromatic N) is 1. The van der Waals surface area contributed by atoms with Gasteiger partial charge in [0.05, 0.1) is 11.2 Å². The van der Waals surface area contributed by atoms with Crippen LogP contribution in [0.1, 0.15) is 30.9 Å². The molecule has 0 aliphatic carbocycles. The van der Waals surface area contributed by atoms with E-state index < -0.39 is 23.2 Å². The van der Waals surface area contributed by atoms with Gasteiger partial charge in [0.15, 0.2) is 0 Å².